The maximum atomic E-state index is 13.7. The van der Waals surface area contributed by atoms with Crippen LogP contribution in [0.15, 0.2) is 95.9 Å². The number of benzene rings is 3. The van der Waals surface area contributed by atoms with Crippen molar-refractivity contribution in [3.8, 4) is 22.5 Å². The number of hydrogen-bond acceptors (Lipinski definition) is 2. The van der Waals surface area contributed by atoms with Gasteiger partial charge in [0.25, 0.3) is 5.69 Å². The molecule has 0 atom stereocenters. The van der Waals surface area contributed by atoms with E-state index in [0.29, 0.717) is 16.3 Å². The van der Waals surface area contributed by atoms with Crippen molar-refractivity contribution in [2.45, 2.75) is 10.6 Å². The van der Waals surface area contributed by atoms with E-state index in [-0.39, 0.29) is 5.75 Å². The Morgan fingerprint density at radius 2 is 1.24 bits per heavy atom. The third-order valence-corrected chi connectivity index (χ3v) is 6.85. The van der Waals surface area contributed by atoms with Crippen LogP contribution in [0.25, 0.3) is 22.5 Å². The minimum absolute atomic E-state index is 0.0441. The number of rotatable bonds is 5. The topological polar surface area (TPSA) is 43.0 Å². The highest BCUT2D eigenvalue weighted by molar-refractivity contribution is 7.91. The molecule has 1 aromatic heterocycles. The SMILES string of the molecule is Cn1c(-c2ccccc2)c(S(=O)(=O)Cc2ccccc2)c(-c2ccccc2)[n+]1C. The number of sulfone groups is 1. The van der Waals surface area contributed by atoms with Crippen LogP contribution in [0.2, 0.25) is 0 Å². The van der Waals surface area contributed by atoms with E-state index in [1.54, 1.807) is 0 Å². The van der Waals surface area contributed by atoms with Crippen LogP contribution in [0.4, 0.5) is 0 Å². The molecule has 29 heavy (non-hydrogen) atoms. The Morgan fingerprint density at radius 3 is 1.79 bits per heavy atom. The highest BCUT2D eigenvalue weighted by Gasteiger charge is 2.36. The fraction of sp³-hybridized carbons (Fsp3) is 0.125. The van der Waals surface area contributed by atoms with Crippen molar-refractivity contribution in [2.24, 2.45) is 14.1 Å². The quantitative estimate of drug-likeness (QED) is 0.470. The molecule has 5 heteroatoms. The zero-order valence-electron chi connectivity index (χ0n) is 16.5. The zero-order chi connectivity index (χ0) is 20.4. The van der Waals surface area contributed by atoms with Crippen molar-refractivity contribution in [1.82, 2.24) is 4.68 Å². The van der Waals surface area contributed by atoms with Gasteiger partial charge in [-0.1, -0.05) is 78.9 Å². The molecule has 4 nitrogen and oxygen atoms in total. The average Bonchev–Trinajstić information content (AvgIpc) is 3.01. The first kappa shape index (κ1) is 19.2. The lowest BCUT2D eigenvalue weighted by atomic mass is 10.1. The zero-order valence-corrected chi connectivity index (χ0v) is 17.3. The van der Waals surface area contributed by atoms with Crippen molar-refractivity contribution >= 4 is 9.84 Å². The standard InChI is InChI=1S/C24H23N2O2S/c1-25-22(20-14-8-4-9-15-20)24(23(26(25)2)21-16-10-5-11-17-21)29(27,28)18-19-12-6-3-7-13-19/h3-17H,18H2,1-2H3/q+1. The smallest absolute Gasteiger partial charge is 0.223 e. The fourth-order valence-electron chi connectivity index (χ4n) is 3.69. The normalized spacial score (nSPS) is 11.5. The second kappa shape index (κ2) is 7.68. The predicted molar refractivity (Wildman–Crippen MR) is 115 cm³/mol. The molecule has 0 bridgehead atoms. The molecule has 4 aromatic rings. The first-order valence-corrected chi connectivity index (χ1v) is 11.1. The lowest BCUT2D eigenvalue weighted by Gasteiger charge is -2.07. The molecular weight excluding hydrogens is 380 g/mol. The Hall–Kier alpha value is -3.18. The van der Waals surface area contributed by atoms with Crippen LogP contribution in [-0.2, 0) is 29.7 Å². The largest absolute Gasteiger partial charge is 0.257 e. The van der Waals surface area contributed by atoms with Gasteiger partial charge in [0.2, 0.25) is 0 Å². The number of hydrogen-bond donors (Lipinski definition) is 0. The summed E-state index contributed by atoms with van der Waals surface area (Å²) in [5.74, 6) is -0.0441. The first-order valence-electron chi connectivity index (χ1n) is 9.45. The molecule has 0 aliphatic rings. The second-order valence-corrected chi connectivity index (χ2v) is 8.98. The molecule has 0 N–H and O–H groups in total. The average molecular weight is 404 g/mol. The molecule has 146 valence electrons. The van der Waals surface area contributed by atoms with Gasteiger partial charge in [-0.3, -0.25) is 0 Å². The third-order valence-electron chi connectivity index (χ3n) is 5.13. The maximum Gasteiger partial charge on any atom is 0.257 e. The van der Waals surface area contributed by atoms with Crippen LogP contribution in [0.1, 0.15) is 5.56 Å². The summed E-state index contributed by atoms with van der Waals surface area (Å²) in [7, 11) is 0.184. The first-order chi connectivity index (χ1) is 14.0. The molecule has 1 heterocycles. The molecule has 0 spiro atoms. The van der Waals surface area contributed by atoms with Crippen LogP contribution in [0.3, 0.4) is 0 Å². The molecule has 0 unspecified atom stereocenters. The summed E-state index contributed by atoms with van der Waals surface area (Å²) in [5.41, 5.74) is 3.92. The van der Waals surface area contributed by atoms with Crippen molar-refractivity contribution in [2.75, 3.05) is 0 Å². The van der Waals surface area contributed by atoms with Gasteiger partial charge in [0.05, 0.1) is 12.8 Å². The van der Waals surface area contributed by atoms with Crippen LogP contribution in [0.5, 0.6) is 0 Å². The van der Waals surface area contributed by atoms with Crippen molar-refractivity contribution in [3.63, 3.8) is 0 Å². The third kappa shape index (κ3) is 3.61. The van der Waals surface area contributed by atoms with Gasteiger partial charge in [-0.05, 0) is 17.7 Å². The molecule has 3 aromatic carbocycles. The van der Waals surface area contributed by atoms with Gasteiger partial charge in [-0.2, -0.15) is 4.68 Å². The lowest BCUT2D eigenvalue weighted by molar-refractivity contribution is -0.741. The Kier molecular flexibility index (Phi) is 5.07. The molecule has 0 aliphatic heterocycles. The van der Waals surface area contributed by atoms with E-state index < -0.39 is 9.84 Å². The molecule has 0 aliphatic carbocycles. The highest BCUT2D eigenvalue weighted by atomic mass is 32.2. The molecule has 0 amide bonds. The van der Waals surface area contributed by atoms with E-state index in [2.05, 4.69) is 0 Å². The summed E-state index contributed by atoms with van der Waals surface area (Å²) in [6.45, 7) is 0. The molecule has 0 radical (unpaired) electrons. The Bertz CT molecular complexity index is 1170. The number of aromatic nitrogens is 2. The molecule has 4 rings (SSSR count). The van der Waals surface area contributed by atoms with Crippen molar-refractivity contribution in [3.05, 3.63) is 96.6 Å². The van der Waals surface area contributed by atoms with E-state index in [1.165, 1.54) is 0 Å². The van der Waals surface area contributed by atoms with Gasteiger partial charge in [0.1, 0.15) is 5.69 Å². The van der Waals surface area contributed by atoms with Gasteiger partial charge in [-0.15, -0.1) is 4.68 Å². The van der Waals surface area contributed by atoms with Gasteiger partial charge in [-0.25, -0.2) is 8.42 Å². The monoisotopic (exact) mass is 403 g/mol. The minimum atomic E-state index is -3.61. The van der Waals surface area contributed by atoms with E-state index in [0.717, 1.165) is 16.7 Å². The van der Waals surface area contributed by atoms with Crippen LogP contribution in [0, 0.1) is 0 Å². The van der Waals surface area contributed by atoms with Crippen molar-refractivity contribution in [1.29, 1.82) is 0 Å². The van der Waals surface area contributed by atoms with E-state index in [9.17, 15) is 8.42 Å². The van der Waals surface area contributed by atoms with E-state index >= 15 is 0 Å². The highest BCUT2D eigenvalue weighted by Crippen LogP contribution is 2.36. The van der Waals surface area contributed by atoms with E-state index in [4.69, 9.17) is 0 Å². The van der Waals surface area contributed by atoms with Crippen LogP contribution >= 0.6 is 0 Å². The summed E-state index contributed by atoms with van der Waals surface area (Å²) in [5, 5.41) is 0. The summed E-state index contributed by atoms with van der Waals surface area (Å²) in [6.07, 6.45) is 0. The summed E-state index contributed by atoms with van der Waals surface area (Å²) in [4.78, 5) is 0.365. The Morgan fingerprint density at radius 1 is 0.759 bits per heavy atom. The van der Waals surface area contributed by atoms with Gasteiger partial charge in [0.15, 0.2) is 21.8 Å². The second-order valence-electron chi connectivity index (χ2n) is 7.05. The van der Waals surface area contributed by atoms with Gasteiger partial charge >= 0.3 is 0 Å². The predicted octanol–water partition coefficient (Wildman–Crippen LogP) is 4.16. The molecular formula is C24H23N2O2S+. The van der Waals surface area contributed by atoms with Gasteiger partial charge in [0, 0.05) is 11.1 Å². The van der Waals surface area contributed by atoms with Gasteiger partial charge < -0.3 is 0 Å². The van der Waals surface area contributed by atoms with Crippen LogP contribution in [-0.4, -0.2) is 13.1 Å². The Labute approximate surface area is 171 Å². The maximum absolute atomic E-state index is 13.7. The lowest BCUT2D eigenvalue weighted by Crippen LogP contribution is -2.39. The summed E-state index contributed by atoms with van der Waals surface area (Å²) >= 11 is 0. The number of nitrogens with zero attached hydrogens (tertiary/aromatic N) is 2. The van der Waals surface area contributed by atoms with Crippen LogP contribution < -0.4 is 4.68 Å². The fourth-order valence-corrected chi connectivity index (χ4v) is 5.56. The Balaban J connectivity index is 2.01. The van der Waals surface area contributed by atoms with Crippen molar-refractivity contribution < 1.29 is 13.1 Å². The molecule has 0 fully saturated rings. The van der Waals surface area contributed by atoms with E-state index in [1.807, 2.05) is 114 Å². The molecule has 0 saturated carbocycles. The minimum Gasteiger partial charge on any atom is -0.223 e. The molecule has 0 saturated heterocycles. The summed E-state index contributed by atoms with van der Waals surface area (Å²) in [6, 6.07) is 28.7. The summed E-state index contributed by atoms with van der Waals surface area (Å²) < 4.78 is 31.3.